The second kappa shape index (κ2) is 6.13. The van der Waals surface area contributed by atoms with E-state index in [0.717, 1.165) is 34.8 Å². The lowest BCUT2D eigenvalue weighted by Gasteiger charge is -2.19. The minimum Gasteiger partial charge on any atom is -0.472 e. The van der Waals surface area contributed by atoms with E-state index in [2.05, 4.69) is 11.0 Å². The highest BCUT2D eigenvalue weighted by Crippen LogP contribution is 2.25. The van der Waals surface area contributed by atoms with Crippen LogP contribution in [-0.2, 0) is 13.0 Å². The molecule has 0 amide bonds. The van der Waals surface area contributed by atoms with Crippen LogP contribution in [0.25, 0.3) is 0 Å². The topological polar surface area (TPSA) is 42.4 Å². The summed E-state index contributed by atoms with van der Waals surface area (Å²) in [6.07, 6.45) is 4.23. The molecule has 0 bridgehead atoms. The van der Waals surface area contributed by atoms with Gasteiger partial charge in [-0.1, -0.05) is 17.7 Å². The van der Waals surface area contributed by atoms with Crippen molar-refractivity contribution in [3.63, 3.8) is 0 Å². The fraction of sp³-hybridized carbons (Fsp3) is 0.333. The van der Waals surface area contributed by atoms with Crippen LogP contribution < -0.4 is 10.6 Å². The number of rotatable bonds is 5. The molecule has 0 saturated heterocycles. The van der Waals surface area contributed by atoms with E-state index in [1.807, 2.05) is 32.2 Å². The van der Waals surface area contributed by atoms with Crippen LogP contribution in [0, 0.1) is 0 Å². The molecule has 1 unspecified atom stereocenters. The maximum Gasteiger partial charge on any atom is 0.0952 e. The van der Waals surface area contributed by atoms with Crippen LogP contribution in [0.15, 0.2) is 41.2 Å². The predicted octanol–water partition coefficient (Wildman–Crippen LogP) is 3.46. The predicted molar refractivity (Wildman–Crippen MR) is 79.6 cm³/mol. The summed E-state index contributed by atoms with van der Waals surface area (Å²) in [5.74, 6) is 0. The van der Waals surface area contributed by atoms with Crippen molar-refractivity contribution in [2.75, 3.05) is 11.9 Å². The fourth-order valence-electron chi connectivity index (χ4n) is 2.03. The number of nitrogens with zero attached hydrogens (tertiary/aromatic N) is 1. The van der Waals surface area contributed by atoms with E-state index in [1.165, 1.54) is 0 Å². The molecule has 1 aromatic heterocycles. The maximum absolute atomic E-state index is 6.30. The zero-order chi connectivity index (χ0) is 13.8. The van der Waals surface area contributed by atoms with E-state index in [0.29, 0.717) is 0 Å². The van der Waals surface area contributed by atoms with Crippen molar-refractivity contribution in [3.05, 3.63) is 52.9 Å². The molecule has 1 aromatic carbocycles. The minimum absolute atomic E-state index is 0.118. The van der Waals surface area contributed by atoms with Crippen molar-refractivity contribution in [2.24, 2.45) is 5.73 Å². The first-order valence-corrected chi connectivity index (χ1v) is 6.70. The van der Waals surface area contributed by atoms with Gasteiger partial charge in [0, 0.05) is 35.9 Å². The summed E-state index contributed by atoms with van der Waals surface area (Å²) in [5, 5.41) is 0.772. The SMILES string of the molecule is CC(N)Cc1ccc(N(C)Cc2ccoc2)cc1Cl. The third-order valence-electron chi connectivity index (χ3n) is 3.02. The quantitative estimate of drug-likeness (QED) is 0.911. The lowest BCUT2D eigenvalue weighted by atomic mass is 10.1. The van der Waals surface area contributed by atoms with Crippen LogP contribution in [0.5, 0.6) is 0 Å². The van der Waals surface area contributed by atoms with Crippen LogP contribution >= 0.6 is 11.6 Å². The van der Waals surface area contributed by atoms with Gasteiger partial charge in [0.1, 0.15) is 0 Å². The molecule has 4 heteroatoms. The highest BCUT2D eigenvalue weighted by Gasteiger charge is 2.08. The van der Waals surface area contributed by atoms with E-state index >= 15 is 0 Å². The van der Waals surface area contributed by atoms with Gasteiger partial charge in [0.15, 0.2) is 0 Å². The summed E-state index contributed by atoms with van der Waals surface area (Å²) in [6.45, 7) is 2.77. The summed E-state index contributed by atoms with van der Waals surface area (Å²) < 4.78 is 5.07. The lowest BCUT2D eigenvalue weighted by molar-refractivity contribution is 0.563. The van der Waals surface area contributed by atoms with Crippen molar-refractivity contribution < 1.29 is 4.42 Å². The van der Waals surface area contributed by atoms with Crippen molar-refractivity contribution in [1.29, 1.82) is 0 Å². The number of furan rings is 1. The molecule has 0 radical (unpaired) electrons. The Morgan fingerprint density at radius 3 is 2.74 bits per heavy atom. The molecule has 1 atom stereocenters. The lowest BCUT2D eigenvalue weighted by Crippen LogP contribution is -2.19. The average molecular weight is 279 g/mol. The van der Waals surface area contributed by atoms with Gasteiger partial charge in [-0.2, -0.15) is 0 Å². The number of hydrogen-bond acceptors (Lipinski definition) is 3. The van der Waals surface area contributed by atoms with Gasteiger partial charge in [-0.25, -0.2) is 0 Å². The summed E-state index contributed by atoms with van der Waals surface area (Å²) in [4.78, 5) is 2.13. The summed E-state index contributed by atoms with van der Waals surface area (Å²) in [6, 6.07) is 8.19. The van der Waals surface area contributed by atoms with Gasteiger partial charge in [-0.05, 0) is 37.1 Å². The van der Waals surface area contributed by atoms with Crippen LogP contribution in [0.2, 0.25) is 5.02 Å². The molecule has 0 spiro atoms. The molecule has 0 aliphatic heterocycles. The van der Waals surface area contributed by atoms with Crippen molar-refractivity contribution in [1.82, 2.24) is 0 Å². The number of anilines is 1. The Bertz CT molecular complexity index is 523. The van der Waals surface area contributed by atoms with Gasteiger partial charge >= 0.3 is 0 Å². The highest BCUT2D eigenvalue weighted by atomic mass is 35.5. The Hall–Kier alpha value is -1.45. The molecule has 102 valence electrons. The monoisotopic (exact) mass is 278 g/mol. The fourth-order valence-corrected chi connectivity index (χ4v) is 2.29. The van der Waals surface area contributed by atoms with Crippen LogP contribution in [0.4, 0.5) is 5.69 Å². The maximum atomic E-state index is 6.30. The van der Waals surface area contributed by atoms with E-state index in [1.54, 1.807) is 12.5 Å². The molecule has 2 aromatic rings. The summed E-state index contributed by atoms with van der Waals surface area (Å²) in [5.41, 5.74) is 9.12. The second-order valence-electron chi connectivity index (χ2n) is 4.94. The first kappa shape index (κ1) is 14.0. The van der Waals surface area contributed by atoms with Gasteiger partial charge < -0.3 is 15.1 Å². The normalized spacial score (nSPS) is 12.4. The Morgan fingerprint density at radius 2 is 2.16 bits per heavy atom. The van der Waals surface area contributed by atoms with Crippen LogP contribution in [0.3, 0.4) is 0 Å². The van der Waals surface area contributed by atoms with E-state index in [4.69, 9.17) is 21.8 Å². The van der Waals surface area contributed by atoms with E-state index < -0.39 is 0 Å². The number of nitrogens with two attached hydrogens (primary N) is 1. The molecule has 0 fully saturated rings. The standard InChI is InChI=1S/C15H19ClN2O/c1-11(17)7-13-3-4-14(8-15(13)16)18(2)9-12-5-6-19-10-12/h3-6,8,10-11H,7,9,17H2,1-2H3. The van der Waals surface area contributed by atoms with Crippen molar-refractivity contribution in [2.45, 2.75) is 25.9 Å². The molecule has 3 nitrogen and oxygen atoms in total. The molecule has 2 rings (SSSR count). The van der Waals surface area contributed by atoms with Gasteiger partial charge in [0.05, 0.1) is 12.5 Å². The zero-order valence-corrected chi connectivity index (χ0v) is 12.0. The number of halogens is 1. The largest absolute Gasteiger partial charge is 0.472 e. The molecule has 0 aliphatic rings. The summed E-state index contributed by atoms with van der Waals surface area (Å²) >= 11 is 6.30. The molecule has 1 heterocycles. The van der Waals surface area contributed by atoms with Crippen molar-refractivity contribution >= 4 is 17.3 Å². The first-order chi connectivity index (χ1) is 9.06. The van der Waals surface area contributed by atoms with Crippen LogP contribution in [-0.4, -0.2) is 13.1 Å². The van der Waals surface area contributed by atoms with E-state index in [-0.39, 0.29) is 6.04 Å². The second-order valence-corrected chi connectivity index (χ2v) is 5.35. The number of benzene rings is 1. The molecule has 19 heavy (non-hydrogen) atoms. The van der Waals surface area contributed by atoms with Gasteiger partial charge in [0.25, 0.3) is 0 Å². The Labute approximate surface area is 119 Å². The zero-order valence-electron chi connectivity index (χ0n) is 11.3. The number of hydrogen-bond donors (Lipinski definition) is 1. The molecule has 0 saturated carbocycles. The Morgan fingerprint density at radius 1 is 1.37 bits per heavy atom. The first-order valence-electron chi connectivity index (χ1n) is 6.32. The molecule has 0 aliphatic carbocycles. The molecule has 2 N–H and O–H groups in total. The van der Waals surface area contributed by atoms with E-state index in [9.17, 15) is 0 Å². The highest BCUT2D eigenvalue weighted by molar-refractivity contribution is 6.31. The Kier molecular flexibility index (Phi) is 4.51. The average Bonchev–Trinajstić information content (AvgIpc) is 2.84. The van der Waals surface area contributed by atoms with Gasteiger partial charge in [-0.15, -0.1) is 0 Å². The van der Waals surface area contributed by atoms with Gasteiger partial charge in [0.2, 0.25) is 0 Å². The third-order valence-corrected chi connectivity index (χ3v) is 3.37. The molecular formula is C15H19ClN2O. The smallest absolute Gasteiger partial charge is 0.0952 e. The molecular weight excluding hydrogens is 260 g/mol. The van der Waals surface area contributed by atoms with Crippen LogP contribution in [0.1, 0.15) is 18.1 Å². The summed E-state index contributed by atoms with van der Waals surface area (Å²) in [7, 11) is 2.03. The minimum atomic E-state index is 0.118. The van der Waals surface area contributed by atoms with Gasteiger partial charge in [-0.3, -0.25) is 0 Å². The third kappa shape index (κ3) is 3.75. The Balaban J connectivity index is 2.10. The van der Waals surface area contributed by atoms with Crippen molar-refractivity contribution in [3.8, 4) is 0 Å².